The predicted molar refractivity (Wildman–Crippen MR) is 117 cm³/mol. The number of benzene rings is 2. The monoisotopic (exact) mass is 433 g/mol. The van der Waals surface area contributed by atoms with Crippen LogP contribution in [0.3, 0.4) is 0 Å². The number of ether oxygens (including phenoxy) is 1. The molecule has 0 N–H and O–H groups in total. The molecule has 2 fully saturated rings. The van der Waals surface area contributed by atoms with Crippen LogP contribution in [0.1, 0.15) is 24.0 Å². The van der Waals surface area contributed by atoms with Crippen molar-refractivity contribution in [2.24, 2.45) is 0 Å². The number of piperidine rings is 1. The van der Waals surface area contributed by atoms with Crippen LogP contribution in [-0.4, -0.2) is 62.2 Å². The molecule has 2 aromatic carbocycles. The van der Waals surface area contributed by atoms with Crippen LogP contribution in [0.5, 0.6) is 5.75 Å². The number of methoxy groups -OCH3 is 1. The SMILES string of the molecule is COc1ccccc1N1CCN([C@@H]2CCCN(Cc3ccc(C(F)(F)F)cc3)C2)CC1. The van der Waals surface area contributed by atoms with Gasteiger partial charge < -0.3 is 9.64 Å². The Balaban J connectivity index is 1.31. The maximum Gasteiger partial charge on any atom is 0.416 e. The van der Waals surface area contributed by atoms with Gasteiger partial charge in [0.1, 0.15) is 5.75 Å². The Labute approximate surface area is 182 Å². The second-order valence-electron chi connectivity index (χ2n) is 8.42. The lowest BCUT2D eigenvalue weighted by Gasteiger charge is -2.44. The Bertz CT molecular complexity index is 848. The Hall–Kier alpha value is -2.25. The van der Waals surface area contributed by atoms with E-state index in [1.807, 2.05) is 18.2 Å². The normalized spacial score (nSPS) is 21.3. The van der Waals surface area contributed by atoms with E-state index in [-0.39, 0.29) is 0 Å². The molecule has 0 bridgehead atoms. The van der Waals surface area contributed by atoms with Crippen molar-refractivity contribution in [3.05, 3.63) is 59.7 Å². The van der Waals surface area contributed by atoms with Gasteiger partial charge in [-0.2, -0.15) is 13.2 Å². The van der Waals surface area contributed by atoms with Crippen molar-refractivity contribution in [3.8, 4) is 5.75 Å². The highest BCUT2D eigenvalue weighted by Crippen LogP contribution is 2.30. The number of alkyl halides is 3. The van der Waals surface area contributed by atoms with Gasteiger partial charge in [-0.1, -0.05) is 24.3 Å². The number of hydrogen-bond acceptors (Lipinski definition) is 4. The predicted octanol–water partition coefficient (Wildman–Crippen LogP) is 4.50. The largest absolute Gasteiger partial charge is 0.495 e. The van der Waals surface area contributed by atoms with E-state index in [2.05, 4.69) is 20.8 Å². The van der Waals surface area contributed by atoms with Gasteiger partial charge in [0.05, 0.1) is 18.4 Å². The molecule has 2 heterocycles. The molecule has 0 aromatic heterocycles. The molecule has 0 spiro atoms. The highest BCUT2D eigenvalue weighted by atomic mass is 19.4. The molecular weight excluding hydrogens is 403 g/mol. The Morgan fingerprint density at radius 3 is 2.32 bits per heavy atom. The third-order valence-electron chi connectivity index (χ3n) is 6.42. The number of rotatable bonds is 5. The summed E-state index contributed by atoms with van der Waals surface area (Å²) in [6.07, 6.45) is -1.98. The van der Waals surface area contributed by atoms with Gasteiger partial charge in [0.15, 0.2) is 0 Å². The number of anilines is 1. The van der Waals surface area contributed by atoms with E-state index < -0.39 is 11.7 Å². The molecule has 0 aliphatic carbocycles. The van der Waals surface area contributed by atoms with Crippen molar-refractivity contribution in [2.45, 2.75) is 31.6 Å². The maximum absolute atomic E-state index is 12.8. The fourth-order valence-corrected chi connectivity index (χ4v) is 4.75. The summed E-state index contributed by atoms with van der Waals surface area (Å²) in [5.74, 6) is 0.913. The average molecular weight is 434 g/mol. The third kappa shape index (κ3) is 5.33. The summed E-state index contributed by atoms with van der Waals surface area (Å²) in [7, 11) is 1.71. The first-order chi connectivity index (χ1) is 14.9. The van der Waals surface area contributed by atoms with Crippen LogP contribution in [0.15, 0.2) is 48.5 Å². The van der Waals surface area contributed by atoms with Gasteiger partial charge in [-0.15, -0.1) is 0 Å². The molecule has 2 aromatic rings. The van der Waals surface area contributed by atoms with E-state index in [9.17, 15) is 13.2 Å². The van der Waals surface area contributed by atoms with Gasteiger partial charge >= 0.3 is 6.18 Å². The van der Waals surface area contributed by atoms with Crippen molar-refractivity contribution in [3.63, 3.8) is 0 Å². The molecule has 1 atom stereocenters. The summed E-state index contributed by atoms with van der Waals surface area (Å²) >= 11 is 0. The molecule has 0 radical (unpaired) electrons. The molecular formula is C24H30F3N3O. The summed E-state index contributed by atoms with van der Waals surface area (Å²) in [6, 6.07) is 14.3. The first kappa shape index (κ1) is 22.0. The summed E-state index contributed by atoms with van der Waals surface area (Å²) in [6.45, 7) is 6.63. The summed E-state index contributed by atoms with van der Waals surface area (Å²) in [5.41, 5.74) is 1.51. The fraction of sp³-hybridized carbons (Fsp3) is 0.500. The number of likely N-dealkylation sites (tertiary alicyclic amines) is 1. The maximum atomic E-state index is 12.8. The van der Waals surface area contributed by atoms with E-state index in [0.29, 0.717) is 12.6 Å². The van der Waals surface area contributed by atoms with E-state index >= 15 is 0 Å². The molecule has 7 heteroatoms. The number of nitrogens with zero attached hydrogens (tertiary/aromatic N) is 3. The summed E-state index contributed by atoms with van der Waals surface area (Å²) in [5, 5.41) is 0. The van der Waals surface area contributed by atoms with Crippen molar-refractivity contribution in [1.82, 2.24) is 9.80 Å². The van der Waals surface area contributed by atoms with Crippen molar-refractivity contribution in [2.75, 3.05) is 51.3 Å². The van der Waals surface area contributed by atoms with Gasteiger partial charge in [0, 0.05) is 45.3 Å². The first-order valence-corrected chi connectivity index (χ1v) is 10.9. The lowest BCUT2D eigenvalue weighted by atomic mass is 10.0. The molecule has 2 aliphatic rings. The Morgan fingerprint density at radius 2 is 1.65 bits per heavy atom. The van der Waals surface area contributed by atoms with E-state index in [1.54, 1.807) is 19.2 Å². The smallest absolute Gasteiger partial charge is 0.416 e. The zero-order valence-corrected chi connectivity index (χ0v) is 17.9. The Kier molecular flexibility index (Phi) is 6.72. The molecule has 4 nitrogen and oxygen atoms in total. The quantitative estimate of drug-likeness (QED) is 0.691. The van der Waals surface area contributed by atoms with Crippen LogP contribution < -0.4 is 9.64 Å². The summed E-state index contributed by atoms with van der Waals surface area (Å²) < 4.78 is 43.9. The molecule has 4 rings (SSSR count). The number of halogens is 3. The van der Waals surface area contributed by atoms with Crippen LogP contribution in [0.2, 0.25) is 0 Å². The van der Waals surface area contributed by atoms with Gasteiger partial charge in [-0.25, -0.2) is 0 Å². The fourth-order valence-electron chi connectivity index (χ4n) is 4.75. The first-order valence-electron chi connectivity index (χ1n) is 10.9. The van der Waals surface area contributed by atoms with Crippen LogP contribution >= 0.6 is 0 Å². The lowest BCUT2D eigenvalue weighted by molar-refractivity contribution is -0.137. The molecule has 0 saturated carbocycles. The highest BCUT2D eigenvalue weighted by Gasteiger charge is 2.31. The molecule has 0 unspecified atom stereocenters. The van der Waals surface area contributed by atoms with Gasteiger partial charge in [0.25, 0.3) is 0 Å². The minimum atomic E-state index is -4.28. The second-order valence-corrected chi connectivity index (χ2v) is 8.42. The van der Waals surface area contributed by atoms with Crippen LogP contribution in [0.25, 0.3) is 0 Å². The van der Waals surface area contributed by atoms with Crippen molar-refractivity contribution < 1.29 is 17.9 Å². The number of para-hydroxylation sites is 2. The molecule has 31 heavy (non-hydrogen) atoms. The van der Waals surface area contributed by atoms with Crippen LogP contribution in [0.4, 0.5) is 18.9 Å². The van der Waals surface area contributed by atoms with Crippen molar-refractivity contribution in [1.29, 1.82) is 0 Å². The van der Waals surface area contributed by atoms with E-state index in [0.717, 1.165) is 62.7 Å². The average Bonchev–Trinajstić information content (AvgIpc) is 2.79. The Morgan fingerprint density at radius 1 is 0.935 bits per heavy atom. The molecule has 0 amide bonds. The topological polar surface area (TPSA) is 19.0 Å². The zero-order valence-electron chi connectivity index (χ0n) is 17.9. The number of hydrogen-bond donors (Lipinski definition) is 0. The van der Waals surface area contributed by atoms with Crippen LogP contribution in [-0.2, 0) is 12.7 Å². The summed E-state index contributed by atoms with van der Waals surface area (Å²) in [4.78, 5) is 7.34. The lowest BCUT2D eigenvalue weighted by Crippen LogP contribution is -2.55. The van der Waals surface area contributed by atoms with E-state index in [4.69, 9.17) is 4.74 Å². The molecule has 2 aliphatic heterocycles. The van der Waals surface area contributed by atoms with E-state index in [1.165, 1.54) is 18.6 Å². The third-order valence-corrected chi connectivity index (χ3v) is 6.42. The molecule has 2 saturated heterocycles. The van der Waals surface area contributed by atoms with Crippen molar-refractivity contribution >= 4 is 5.69 Å². The second kappa shape index (κ2) is 9.49. The number of piperazine rings is 1. The minimum absolute atomic E-state index is 0.503. The van der Waals surface area contributed by atoms with Gasteiger partial charge in [0.2, 0.25) is 0 Å². The molecule has 168 valence electrons. The standard InChI is InChI=1S/C24H30F3N3O/c1-31-23-7-3-2-6-22(23)30-15-13-29(14-16-30)21-5-4-12-28(18-21)17-19-8-10-20(11-9-19)24(25,26)27/h2-3,6-11,21H,4-5,12-18H2,1H3/t21-/m1/s1. The van der Waals surface area contributed by atoms with Crippen LogP contribution in [0, 0.1) is 0 Å². The highest BCUT2D eigenvalue weighted by molar-refractivity contribution is 5.58. The zero-order chi connectivity index (χ0) is 21.8. The minimum Gasteiger partial charge on any atom is -0.495 e. The van der Waals surface area contributed by atoms with Gasteiger partial charge in [-0.05, 0) is 49.2 Å². The van der Waals surface area contributed by atoms with Gasteiger partial charge in [-0.3, -0.25) is 9.80 Å².